The van der Waals surface area contributed by atoms with Crippen LogP contribution in [-0.4, -0.2) is 34.6 Å². The van der Waals surface area contributed by atoms with E-state index in [0.717, 1.165) is 35.8 Å². The van der Waals surface area contributed by atoms with Gasteiger partial charge in [0.05, 0.1) is 6.20 Å². The van der Waals surface area contributed by atoms with Crippen molar-refractivity contribution in [1.82, 2.24) is 15.2 Å². The number of fused-ring (bicyclic) bond motifs is 1. The Morgan fingerprint density at radius 1 is 1.24 bits per heavy atom. The van der Waals surface area contributed by atoms with Crippen molar-refractivity contribution in [3.05, 3.63) is 30.0 Å². The van der Waals surface area contributed by atoms with Crippen LogP contribution < -0.4 is 19.7 Å². The van der Waals surface area contributed by atoms with Crippen molar-refractivity contribution >= 4 is 11.8 Å². The largest absolute Gasteiger partial charge is 0.454 e. The van der Waals surface area contributed by atoms with E-state index in [0.29, 0.717) is 18.5 Å². The van der Waals surface area contributed by atoms with Gasteiger partial charge < -0.3 is 19.7 Å². The number of ether oxygens (including phenoxy) is 2. The molecule has 1 atom stereocenters. The molecule has 1 aromatic carbocycles. The van der Waals surface area contributed by atoms with Crippen molar-refractivity contribution in [2.45, 2.75) is 45.2 Å². The SMILES string of the molecule is CCC1CCCCN1c1cnnc(NCc2ccc3c(c2)OCO3)n1. The molecule has 0 bridgehead atoms. The molecule has 4 rings (SSSR count). The van der Waals surface area contributed by atoms with Gasteiger partial charge in [-0.1, -0.05) is 13.0 Å². The average Bonchev–Trinajstić information content (AvgIpc) is 3.14. The summed E-state index contributed by atoms with van der Waals surface area (Å²) in [4.78, 5) is 7.03. The highest BCUT2D eigenvalue weighted by Crippen LogP contribution is 2.32. The summed E-state index contributed by atoms with van der Waals surface area (Å²) in [6.07, 6.45) is 6.62. The number of anilines is 2. The molecule has 1 fully saturated rings. The molecule has 1 unspecified atom stereocenters. The topological polar surface area (TPSA) is 72.4 Å². The highest BCUT2D eigenvalue weighted by Gasteiger charge is 2.22. The second-order valence-electron chi connectivity index (χ2n) is 6.43. The van der Waals surface area contributed by atoms with E-state index in [9.17, 15) is 0 Å². The minimum Gasteiger partial charge on any atom is -0.454 e. The quantitative estimate of drug-likeness (QED) is 0.896. The molecule has 0 aliphatic carbocycles. The Morgan fingerprint density at radius 2 is 2.16 bits per heavy atom. The summed E-state index contributed by atoms with van der Waals surface area (Å²) in [6, 6.07) is 6.46. The van der Waals surface area contributed by atoms with Gasteiger partial charge in [-0.3, -0.25) is 0 Å². The first-order chi connectivity index (χ1) is 12.3. The van der Waals surface area contributed by atoms with Crippen molar-refractivity contribution < 1.29 is 9.47 Å². The van der Waals surface area contributed by atoms with Crippen LogP contribution in [0.25, 0.3) is 0 Å². The summed E-state index contributed by atoms with van der Waals surface area (Å²) < 4.78 is 10.8. The van der Waals surface area contributed by atoms with E-state index in [1.54, 1.807) is 6.20 Å². The fourth-order valence-corrected chi connectivity index (χ4v) is 3.47. The monoisotopic (exact) mass is 341 g/mol. The molecule has 1 aromatic heterocycles. The van der Waals surface area contributed by atoms with Gasteiger partial charge in [0.15, 0.2) is 17.3 Å². The van der Waals surface area contributed by atoms with Gasteiger partial charge in [0.1, 0.15) is 0 Å². The fraction of sp³-hybridized carbons (Fsp3) is 0.500. The number of hydrogen-bond donors (Lipinski definition) is 1. The van der Waals surface area contributed by atoms with Gasteiger partial charge >= 0.3 is 0 Å². The Bertz CT molecular complexity index is 739. The smallest absolute Gasteiger partial charge is 0.244 e. The van der Waals surface area contributed by atoms with E-state index in [4.69, 9.17) is 9.47 Å². The van der Waals surface area contributed by atoms with Crippen molar-refractivity contribution in [3.63, 3.8) is 0 Å². The molecule has 25 heavy (non-hydrogen) atoms. The predicted octanol–water partition coefficient (Wildman–Crippen LogP) is 2.98. The number of rotatable bonds is 5. The number of benzene rings is 1. The normalized spacial score (nSPS) is 19.1. The molecule has 7 heteroatoms. The lowest BCUT2D eigenvalue weighted by Gasteiger charge is -2.35. The van der Waals surface area contributed by atoms with Crippen molar-refractivity contribution in [2.24, 2.45) is 0 Å². The summed E-state index contributed by atoms with van der Waals surface area (Å²) in [5.41, 5.74) is 1.09. The van der Waals surface area contributed by atoms with Crippen LogP contribution >= 0.6 is 0 Å². The summed E-state index contributed by atoms with van der Waals surface area (Å²) >= 11 is 0. The second kappa shape index (κ2) is 7.13. The number of hydrogen-bond acceptors (Lipinski definition) is 7. The first-order valence-corrected chi connectivity index (χ1v) is 8.92. The van der Waals surface area contributed by atoms with E-state index < -0.39 is 0 Å². The van der Waals surface area contributed by atoms with Crippen molar-refractivity contribution in [1.29, 1.82) is 0 Å². The number of aromatic nitrogens is 3. The Balaban J connectivity index is 1.44. The van der Waals surface area contributed by atoms with Gasteiger partial charge in [-0.2, -0.15) is 10.1 Å². The Labute approximate surface area is 147 Å². The van der Waals surface area contributed by atoms with E-state index in [1.165, 1.54) is 19.3 Å². The zero-order chi connectivity index (χ0) is 17.1. The molecule has 132 valence electrons. The van der Waals surface area contributed by atoms with Crippen molar-refractivity contribution in [2.75, 3.05) is 23.6 Å². The molecule has 1 N–H and O–H groups in total. The van der Waals surface area contributed by atoms with Crippen LogP contribution in [0, 0.1) is 0 Å². The Morgan fingerprint density at radius 3 is 3.08 bits per heavy atom. The highest BCUT2D eigenvalue weighted by atomic mass is 16.7. The molecule has 2 aromatic rings. The first kappa shape index (κ1) is 15.9. The second-order valence-corrected chi connectivity index (χ2v) is 6.43. The molecule has 1 saturated heterocycles. The molecule has 3 heterocycles. The molecule has 7 nitrogen and oxygen atoms in total. The molecular formula is C18H23N5O2. The predicted molar refractivity (Wildman–Crippen MR) is 95.0 cm³/mol. The van der Waals surface area contributed by atoms with Crippen LogP contribution in [0.15, 0.2) is 24.4 Å². The van der Waals surface area contributed by atoms with Gasteiger partial charge in [0.2, 0.25) is 12.7 Å². The molecule has 0 spiro atoms. The van der Waals surface area contributed by atoms with Crippen LogP contribution in [0.4, 0.5) is 11.8 Å². The van der Waals surface area contributed by atoms with Gasteiger partial charge in [0.25, 0.3) is 0 Å². The van der Waals surface area contributed by atoms with Crippen LogP contribution in [0.1, 0.15) is 38.2 Å². The van der Waals surface area contributed by atoms with E-state index in [1.807, 2.05) is 18.2 Å². The van der Waals surface area contributed by atoms with Gasteiger partial charge in [-0.05, 0) is 43.4 Å². The van der Waals surface area contributed by atoms with Crippen molar-refractivity contribution in [3.8, 4) is 11.5 Å². The van der Waals surface area contributed by atoms with E-state index >= 15 is 0 Å². The van der Waals surface area contributed by atoms with Crippen LogP contribution in [-0.2, 0) is 6.54 Å². The third kappa shape index (κ3) is 3.45. The van der Waals surface area contributed by atoms with Gasteiger partial charge in [-0.25, -0.2) is 0 Å². The fourth-order valence-electron chi connectivity index (χ4n) is 3.47. The Hall–Kier alpha value is -2.57. The van der Waals surface area contributed by atoms with E-state index in [2.05, 4.69) is 32.3 Å². The molecule has 0 radical (unpaired) electrons. The first-order valence-electron chi connectivity index (χ1n) is 8.92. The number of nitrogens with one attached hydrogen (secondary N) is 1. The van der Waals surface area contributed by atoms with Gasteiger partial charge in [-0.15, -0.1) is 5.10 Å². The molecule has 0 saturated carbocycles. The summed E-state index contributed by atoms with van der Waals surface area (Å²) in [5, 5.41) is 11.5. The summed E-state index contributed by atoms with van der Waals surface area (Å²) in [5.74, 6) is 3.04. The number of piperidine rings is 1. The van der Waals surface area contributed by atoms with Gasteiger partial charge in [0, 0.05) is 19.1 Å². The maximum Gasteiger partial charge on any atom is 0.244 e. The average molecular weight is 341 g/mol. The number of nitrogens with zero attached hydrogens (tertiary/aromatic N) is 4. The van der Waals surface area contributed by atoms with Crippen LogP contribution in [0.3, 0.4) is 0 Å². The lowest BCUT2D eigenvalue weighted by atomic mass is 10.0. The zero-order valence-corrected chi connectivity index (χ0v) is 14.4. The van der Waals surface area contributed by atoms with Crippen LogP contribution in [0.5, 0.6) is 11.5 Å². The molecule has 2 aliphatic rings. The third-order valence-corrected chi connectivity index (χ3v) is 4.83. The maximum atomic E-state index is 5.41. The zero-order valence-electron chi connectivity index (χ0n) is 14.4. The summed E-state index contributed by atoms with van der Waals surface area (Å²) in [6.45, 7) is 4.17. The lowest BCUT2D eigenvalue weighted by Crippen LogP contribution is -2.39. The molecular weight excluding hydrogens is 318 g/mol. The third-order valence-electron chi connectivity index (χ3n) is 4.83. The molecule has 2 aliphatic heterocycles. The van der Waals surface area contributed by atoms with E-state index in [-0.39, 0.29) is 6.79 Å². The highest BCUT2D eigenvalue weighted by molar-refractivity contribution is 5.46. The minimum atomic E-state index is 0.287. The Kier molecular flexibility index (Phi) is 4.54. The summed E-state index contributed by atoms with van der Waals surface area (Å²) in [7, 11) is 0. The van der Waals surface area contributed by atoms with Crippen LogP contribution in [0.2, 0.25) is 0 Å². The lowest BCUT2D eigenvalue weighted by molar-refractivity contribution is 0.174. The minimum absolute atomic E-state index is 0.287. The maximum absolute atomic E-state index is 5.41. The standard InChI is InChI=1S/C18H23N5O2/c1-2-14-5-3-4-8-23(14)17-11-20-22-18(21-17)19-10-13-6-7-15-16(9-13)25-12-24-15/h6-7,9,11,14H,2-5,8,10,12H2,1H3,(H,19,21,22). The molecule has 0 amide bonds.